The molecular formula is C12H19BrN4O. The second-order valence-electron chi connectivity index (χ2n) is 4.72. The molecule has 18 heavy (non-hydrogen) atoms. The summed E-state index contributed by atoms with van der Waals surface area (Å²) in [6, 6.07) is 0.353. The molecule has 100 valence electrons. The molecule has 3 N–H and O–H groups in total. The van der Waals surface area contributed by atoms with Crippen molar-refractivity contribution in [3.8, 4) is 5.88 Å². The Hall–Kier alpha value is -0.880. The summed E-state index contributed by atoms with van der Waals surface area (Å²) in [7, 11) is 1.59. The molecule has 1 aliphatic carbocycles. The SMILES string of the molecule is COc1nc(NCC2CCCC(N)C2)ncc1Br. The lowest BCUT2D eigenvalue weighted by atomic mass is 9.86. The van der Waals surface area contributed by atoms with E-state index in [9.17, 15) is 0 Å². The molecule has 6 heteroatoms. The van der Waals surface area contributed by atoms with Gasteiger partial charge >= 0.3 is 0 Å². The molecule has 0 amide bonds. The van der Waals surface area contributed by atoms with E-state index in [0.29, 0.717) is 23.8 Å². The van der Waals surface area contributed by atoms with Crippen LogP contribution in [0.3, 0.4) is 0 Å². The van der Waals surface area contributed by atoms with Gasteiger partial charge in [0.05, 0.1) is 17.8 Å². The van der Waals surface area contributed by atoms with Crippen LogP contribution < -0.4 is 15.8 Å². The van der Waals surface area contributed by atoms with Gasteiger partial charge < -0.3 is 15.8 Å². The second kappa shape index (κ2) is 6.33. The van der Waals surface area contributed by atoms with Crippen LogP contribution in [0.15, 0.2) is 10.7 Å². The normalized spacial score (nSPS) is 23.7. The van der Waals surface area contributed by atoms with Crippen molar-refractivity contribution in [1.29, 1.82) is 0 Å². The molecule has 0 aliphatic heterocycles. The zero-order valence-electron chi connectivity index (χ0n) is 10.5. The van der Waals surface area contributed by atoms with Crippen molar-refractivity contribution in [3.05, 3.63) is 10.7 Å². The quantitative estimate of drug-likeness (QED) is 0.891. The van der Waals surface area contributed by atoms with Crippen LogP contribution in [-0.2, 0) is 0 Å². The van der Waals surface area contributed by atoms with Crippen LogP contribution in [0.4, 0.5) is 5.95 Å². The first kappa shape index (κ1) is 13.5. The van der Waals surface area contributed by atoms with E-state index in [1.165, 1.54) is 12.8 Å². The van der Waals surface area contributed by atoms with Crippen molar-refractivity contribution in [3.63, 3.8) is 0 Å². The lowest BCUT2D eigenvalue weighted by Crippen LogP contribution is -2.31. The number of nitrogens with two attached hydrogens (primary N) is 1. The number of nitrogens with one attached hydrogen (secondary N) is 1. The van der Waals surface area contributed by atoms with E-state index in [1.54, 1.807) is 13.3 Å². The maximum Gasteiger partial charge on any atom is 0.232 e. The van der Waals surface area contributed by atoms with Gasteiger partial charge in [-0.05, 0) is 41.1 Å². The summed E-state index contributed by atoms with van der Waals surface area (Å²) in [6.07, 6.45) is 6.38. The van der Waals surface area contributed by atoms with Crippen LogP contribution in [0.25, 0.3) is 0 Å². The molecular weight excluding hydrogens is 296 g/mol. The first-order valence-electron chi connectivity index (χ1n) is 6.25. The van der Waals surface area contributed by atoms with E-state index < -0.39 is 0 Å². The summed E-state index contributed by atoms with van der Waals surface area (Å²) in [5.74, 6) is 1.77. The Balaban J connectivity index is 1.89. The number of nitrogens with zero attached hydrogens (tertiary/aromatic N) is 2. The summed E-state index contributed by atoms with van der Waals surface area (Å²) in [5.41, 5.74) is 5.97. The molecule has 0 spiro atoms. The van der Waals surface area contributed by atoms with Gasteiger partial charge in [-0.2, -0.15) is 4.98 Å². The van der Waals surface area contributed by atoms with Crippen LogP contribution in [0.2, 0.25) is 0 Å². The predicted molar refractivity (Wildman–Crippen MR) is 74.7 cm³/mol. The van der Waals surface area contributed by atoms with Gasteiger partial charge in [0.1, 0.15) is 0 Å². The molecule has 1 fully saturated rings. The fourth-order valence-corrected chi connectivity index (χ4v) is 2.69. The third kappa shape index (κ3) is 3.55. The third-order valence-electron chi connectivity index (χ3n) is 3.28. The second-order valence-corrected chi connectivity index (χ2v) is 5.58. The Bertz CT molecular complexity index is 402. The van der Waals surface area contributed by atoms with Crippen molar-refractivity contribution in [2.45, 2.75) is 31.7 Å². The van der Waals surface area contributed by atoms with E-state index in [0.717, 1.165) is 23.9 Å². The number of anilines is 1. The third-order valence-corrected chi connectivity index (χ3v) is 3.82. The minimum Gasteiger partial charge on any atom is -0.480 e. The van der Waals surface area contributed by atoms with Crippen molar-refractivity contribution in [2.24, 2.45) is 11.7 Å². The maximum absolute atomic E-state index is 5.97. The molecule has 1 saturated carbocycles. The molecule has 2 rings (SSSR count). The number of halogens is 1. The summed E-state index contributed by atoms with van der Waals surface area (Å²) >= 11 is 3.33. The molecule has 2 atom stereocenters. The largest absolute Gasteiger partial charge is 0.480 e. The highest BCUT2D eigenvalue weighted by molar-refractivity contribution is 9.10. The van der Waals surface area contributed by atoms with Crippen LogP contribution in [0, 0.1) is 5.92 Å². The Kier molecular flexibility index (Phi) is 4.77. The molecule has 1 aliphatic rings. The van der Waals surface area contributed by atoms with E-state index in [4.69, 9.17) is 10.5 Å². The Morgan fingerprint density at radius 2 is 2.39 bits per heavy atom. The van der Waals surface area contributed by atoms with Gasteiger partial charge in [0.15, 0.2) is 0 Å². The van der Waals surface area contributed by atoms with Gasteiger partial charge in [-0.25, -0.2) is 4.98 Å². The summed E-state index contributed by atoms with van der Waals surface area (Å²) in [6.45, 7) is 0.873. The molecule has 1 aromatic heterocycles. The molecule has 2 unspecified atom stereocenters. The van der Waals surface area contributed by atoms with Crippen LogP contribution >= 0.6 is 15.9 Å². The first-order chi connectivity index (χ1) is 8.69. The number of hydrogen-bond acceptors (Lipinski definition) is 5. The van der Waals surface area contributed by atoms with Gasteiger partial charge in [0.2, 0.25) is 11.8 Å². The van der Waals surface area contributed by atoms with Gasteiger partial charge in [-0.3, -0.25) is 0 Å². The lowest BCUT2D eigenvalue weighted by Gasteiger charge is -2.26. The molecule has 0 bridgehead atoms. The molecule has 0 aromatic carbocycles. The molecule has 1 heterocycles. The highest BCUT2D eigenvalue weighted by Gasteiger charge is 2.19. The zero-order chi connectivity index (χ0) is 13.0. The van der Waals surface area contributed by atoms with E-state index in [1.807, 2.05) is 0 Å². The van der Waals surface area contributed by atoms with Crippen molar-refractivity contribution in [1.82, 2.24) is 9.97 Å². The highest BCUT2D eigenvalue weighted by Crippen LogP contribution is 2.24. The van der Waals surface area contributed by atoms with E-state index >= 15 is 0 Å². The molecule has 5 nitrogen and oxygen atoms in total. The predicted octanol–water partition coefficient (Wildman–Crippen LogP) is 2.18. The van der Waals surface area contributed by atoms with E-state index in [-0.39, 0.29) is 0 Å². The number of methoxy groups -OCH3 is 1. The minimum atomic E-state index is 0.353. The van der Waals surface area contributed by atoms with Gasteiger partial charge in [-0.15, -0.1) is 0 Å². The monoisotopic (exact) mass is 314 g/mol. The highest BCUT2D eigenvalue weighted by atomic mass is 79.9. The number of ether oxygens (including phenoxy) is 1. The topological polar surface area (TPSA) is 73.1 Å². The van der Waals surface area contributed by atoms with Crippen molar-refractivity contribution in [2.75, 3.05) is 19.0 Å². The Morgan fingerprint density at radius 3 is 3.11 bits per heavy atom. The fraction of sp³-hybridized carbons (Fsp3) is 0.667. The summed E-state index contributed by atoms with van der Waals surface area (Å²) < 4.78 is 5.90. The number of aromatic nitrogens is 2. The summed E-state index contributed by atoms with van der Waals surface area (Å²) in [5, 5.41) is 3.26. The van der Waals surface area contributed by atoms with Crippen molar-refractivity contribution < 1.29 is 4.74 Å². The number of hydrogen-bond donors (Lipinski definition) is 2. The average Bonchev–Trinajstić information content (AvgIpc) is 2.38. The average molecular weight is 315 g/mol. The van der Waals surface area contributed by atoms with E-state index in [2.05, 4.69) is 31.2 Å². The fourth-order valence-electron chi connectivity index (χ4n) is 2.33. The van der Waals surface area contributed by atoms with Crippen LogP contribution in [0.1, 0.15) is 25.7 Å². The van der Waals surface area contributed by atoms with Gasteiger partial charge in [0, 0.05) is 12.6 Å². The molecule has 1 aromatic rings. The standard InChI is InChI=1S/C12H19BrN4O/c1-18-11-10(13)7-16-12(17-11)15-6-8-3-2-4-9(14)5-8/h7-9H,2-6,14H2,1H3,(H,15,16,17). The zero-order valence-corrected chi connectivity index (χ0v) is 12.1. The Morgan fingerprint density at radius 1 is 1.56 bits per heavy atom. The van der Waals surface area contributed by atoms with Crippen molar-refractivity contribution >= 4 is 21.9 Å². The Labute approximate surface area is 116 Å². The first-order valence-corrected chi connectivity index (χ1v) is 7.04. The minimum absolute atomic E-state index is 0.353. The number of rotatable bonds is 4. The van der Waals surface area contributed by atoms with Crippen LogP contribution in [0.5, 0.6) is 5.88 Å². The van der Waals surface area contributed by atoms with Crippen LogP contribution in [-0.4, -0.2) is 29.7 Å². The summed E-state index contributed by atoms with van der Waals surface area (Å²) in [4.78, 5) is 8.48. The molecule has 0 saturated heterocycles. The van der Waals surface area contributed by atoms with Gasteiger partial charge in [-0.1, -0.05) is 6.42 Å². The molecule has 0 radical (unpaired) electrons. The maximum atomic E-state index is 5.97. The van der Waals surface area contributed by atoms with Gasteiger partial charge in [0.25, 0.3) is 0 Å². The lowest BCUT2D eigenvalue weighted by molar-refractivity contribution is 0.334. The smallest absolute Gasteiger partial charge is 0.232 e.